The van der Waals surface area contributed by atoms with Crippen molar-refractivity contribution in [3.63, 3.8) is 0 Å². The number of carbonyl (C=O) groups is 1. The van der Waals surface area contributed by atoms with Gasteiger partial charge in [-0.05, 0) is 72.1 Å². The Morgan fingerprint density at radius 3 is 2.24 bits per heavy atom. The lowest BCUT2D eigenvalue weighted by molar-refractivity contribution is 0.0697. The Balaban J connectivity index is 1.91. The van der Waals surface area contributed by atoms with Crippen LogP contribution in [-0.4, -0.2) is 35.3 Å². The molecule has 0 amide bonds. The number of para-hydroxylation sites is 1. The second kappa shape index (κ2) is 11.5. The van der Waals surface area contributed by atoms with Crippen molar-refractivity contribution in [1.29, 1.82) is 0 Å². The van der Waals surface area contributed by atoms with E-state index < -0.39 is 5.97 Å². The Kier molecular flexibility index (Phi) is 8.49. The molecular weight excluding hydrogens is 448 g/mol. The van der Waals surface area contributed by atoms with Gasteiger partial charge in [-0.15, -0.1) is 0 Å². The first-order valence-electron chi connectivity index (χ1n) is 11.0. The fraction of sp³-hybridized carbons (Fsp3) is 0.259. The predicted molar refractivity (Wildman–Crippen MR) is 139 cm³/mol. The van der Waals surface area contributed by atoms with Crippen LogP contribution < -0.4 is 14.8 Å². The SMILES string of the molecule is CCc1cccc(C)c1NC(=S)N(Cc1ccc(C(=O)O)cc1)Cc1ccc(OC)c(OC)c1. The molecule has 3 aromatic rings. The average molecular weight is 479 g/mol. The van der Waals surface area contributed by atoms with Crippen molar-refractivity contribution in [3.05, 3.63) is 88.5 Å². The van der Waals surface area contributed by atoms with Gasteiger partial charge in [0.05, 0.1) is 19.8 Å². The first kappa shape index (κ1) is 25.1. The van der Waals surface area contributed by atoms with Crippen LogP contribution in [0.4, 0.5) is 5.69 Å². The van der Waals surface area contributed by atoms with E-state index >= 15 is 0 Å². The predicted octanol–water partition coefficient (Wildman–Crippen LogP) is 5.67. The van der Waals surface area contributed by atoms with Gasteiger partial charge in [-0.25, -0.2) is 4.79 Å². The Bertz CT molecular complexity index is 1160. The highest BCUT2D eigenvalue weighted by Crippen LogP contribution is 2.29. The molecule has 0 aromatic heterocycles. The van der Waals surface area contributed by atoms with Gasteiger partial charge in [-0.2, -0.15) is 0 Å². The van der Waals surface area contributed by atoms with Crippen LogP contribution in [-0.2, 0) is 19.5 Å². The van der Waals surface area contributed by atoms with E-state index in [9.17, 15) is 9.90 Å². The number of aromatic carboxylic acids is 1. The standard InChI is InChI=1S/C27H30N2O4S/c1-5-21-8-6-7-18(2)25(21)28-27(34)29(16-19-9-12-22(13-10-19)26(30)31)17-20-11-14-23(32-3)24(15-20)33-4/h6-15H,5,16-17H2,1-4H3,(H,28,34)(H,30,31). The summed E-state index contributed by atoms with van der Waals surface area (Å²) in [5.41, 5.74) is 5.55. The lowest BCUT2D eigenvalue weighted by Crippen LogP contribution is -2.34. The van der Waals surface area contributed by atoms with Crippen LogP contribution in [0, 0.1) is 6.92 Å². The maximum atomic E-state index is 11.2. The highest BCUT2D eigenvalue weighted by molar-refractivity contribution is 7.80. The molecule has 0 radical (unpaired) electrons. The van der Waals surface area contributed by atoms with Gasteiger partial charge >= 0.3 is 5.97 Å². The highest BCUT2D eigenvalue weighted by Gasteiger charge is 2.16. The van der Waals surface area contributed by atoms with Crippen LogP contribution in [0.3, 0.4) is 0 Å². The molecule has 0 unspecified atom stereocenters. The van der Waals surface area contributed by atoms with Crippen LogP contribution in [0.25, 0.3) is 0 Å². The largest absolute Gasteiger partial charge is 0.493 e. The number of hydrogen-bond acceptors (Lipinski definition) is 4. The zero-order valence-corrected chi connectivity index (χ0v) is 20.7. The number of aryl methyl sites for hydroxylation is 2. The second-order valence-corrected chi connectivity index (χ2v) is 8.33. The summed E-state index contributed by atoms with van der Waals surface area (Å²) in [5.74, 6) is 0.365. The number of benzene rings is 3. The Labute approximate surface area is 206 Å². The molecule has 178 valence electrons. The first-order chi connectivity index (χ1) is 16.4. The summed E-state index contributed by atoms with van der Waals surface area (Å²) in [6, 6.07) is 18.9. The second-order valence-electron chi connectivity index (χ2n) is 7.94. The van der Waals surface area contributed by atoms with E-state index in [4.69, 9.17) is 21.7 Å². The number of nitrogens with one attached hydrogen (secondary N) is 1. The topological polar surface area (TPSA) is 71.0 Å². The maximum absolute atomic E-state index is 11.2. The summed E-state index contributed by atoms with van der Waals surface area (Å²) in [6.45, 7) is 5.22. The fourth-order valence-electron chi connectivity index (χ4n) is 3.76. The Morgan fingerprint density at radius 2 is 1.62 bits per heavy atom. The molecule has 7 heteroatoms. The van der Waals surface area contributed by atoms with Crippen LogP contribution in [0.15, 0.2) is 60.7 Å². The average Bonchev–Trinajstić information content (AvgIpc) is 2.84. The molecule has 34 heavy (non-hydrogen) atoms. The van der Waals surface area contributed by atoms with Crippen molar-refractivity contribution < 1.29 is 19.4 Å². The Morgan fingerprint density at radius 1 is 0.971 bits per heavy atom. The number of methoxy groups -OCH3 is 2. The molecule has 0 saturated carbocycles. The fourth-order valence-corrected chi connectivity index (χ4v) is 3.99. The first-order valence-corrected chi connectivity index (χ1v) is 11.4. The van der Waals surface area contributed by atoms with Crippen LogP contribution >= 0.6 is 12.2 Å². The van der Waals surface area contributed by atoms with Crippen molar-refractivity contribution >= 4 is 29.0 Å². The third-order valence-electron chi connectivity index (χ3n) is 5.65. The molecule has 0 aliphatic heterocycles. The molecule has 0 heterocycles. The zero-order valence-electron chi connectivity index (χ0n) is 19.9. The minimum absolute atomic E-state index is 0.253. The zero-order chi connectivity index (χ0) is 24.7. The van der Waals surface area contributed by atoms with Gasteiger partial charge in [0, 0.05) is 18.8 Å². The number of nitrogens with zero attached hydrogens (tertiary/aromatic N) is 1. The molecule has 0 atom stereocenters. The van der Waals surface area contributed by atoms with E-state index in [2.05, 4.69) is 36.2 Å². The smallest absolute Gasteiger partial charge is 0.335 e. The van der Waals surface area contributed by atoms with Gasteiger partial charge in [0.15, 0.2) is 16.6 Å². The van der Waals surface area contributed by atoms with Gasteiger partial charge in [0.1, 0.15) is 0 Å². The van der Waals surface area contributed by atoms with Gasteiger partial charge in [-0.1, -0.05) is 43.3 Å². The van der Waals surface area contributed by atoms with Crippen molar-refractivity contribution in [2.45, 2.75) is 33.4 Å². The molecule has 0 aliphatic carbocycles. The van der Waals surface area contributed by atoms with Crippen molar-refractivity contribution in [1.82, 2.24) is 4.90 Å². The summed E-state index contributed by atoms with van der Waals surface area (Å²) in [7, 11) is 3.22. The third-order valence-corrected chi connectivity index (χ3v) is 6.02. The molecule has 2 N–H and O–H groups in total. The van der Waals surface area contributed by atoms with Crippen LogP contribution in [0.1, 0.15) is 39.5 Å². The minimum atomic E-state index is -0.947. The van der Waals surface area contributed by atoms with E-state index in [0.29, 0.717) is 29.7 Å². The van der Waals surface area contributed by atoms with E-state index in [1.54, 1.807) is 26.4 Å². The van der Waals surface area contributed by atoms with Gasteiger partial charge < -0.3 is 24.8 Å². The lowest BCUT2D eigenvalue weighted by atomic mass is 10.1. The van der Waals surface area contributed by atoms with Crippen LogP contribution in [0.5, 0.6) is 11.5 Å². The van der Waals surface area contributed by atoms with Crippen LogP contribution in [0.2, 0.25) is 0 Å². The third kappa shape index (κ3) is 6.05. The van der Waals surface area contributed by atoms with E-state index in [1.165, 1.54) is 5.56 Å². The van der Waals surface area contributed by atoms with Gasteiger partial charge in [0.25, 0.3) is 0 Å². The Hall–Kier alpha value is -3.58. The summed E-state index contributed by atoms with van der Waals surface area (Å²) in [4.78, 5) is 13.3. The molecule has 0 spiro atoms. The molecule has 6 nitrogen and oxygen atoms in total. The number of thiocarbonyl (C=S) groups is 1. The minimum Gasteiger partial charge on any atom is -0.493 e. The number of hydrogen-bond donors (Lipinski definition) is 2. The number of anilines is 1. The summed E-state index contributed by atoms with van der Waals surface area (Å²) in [6.07, 6.45) is 0.888. The van der Waals surface area contributed by atoms with Crippen molar-refractivity contribution in [2.75, 3.05) is 19.5 Å². The van der Waals surface area contributed by atoms with E-state index in [1.807, 2.05) is 36.4 Å². The molecule has 0 bridgehead atoms. The lowest BCUT2D eigenvalue weighted by Gasteiger charge is -2.28. The quantitative estimate of drug-likeness (QED) is 0.384. The van der Waals surface area contributed by atoms with Crippen molar-refractivity contribution in [3.8, 4) is 11.5 Å². The number of carboxylic acid groups (broad SMARTS) is 1. The van der Waals surface area contributed by atoms with E-state index in [-0.39, 0.29) is 5.56 Å². The molecule has 3 rings (SSSR count). The molecular formula is C27H30N2O4S. The number of rotatable bonds is 9. The molecule has 0 saturated heterocycles. The normalized spacial score (nSPS) is 10.5. The van der Waals surface area contributed by atoms with E-state index in [0.717, 1.165) is 28.8 Å². The molecule has 3 aromatic carbocycles. The summed E-state index contributed by atoms with van der Waals surface area (Å²) >= 11 is 5.86. The summed E-state index contributed by atoms with van der Waals surface area (Å²) in [5, 5.41) is 13.3. The van der Waals surface area contributed by atoms with Gasteiger partial charge in [0.2, 0.25) is 0 Å². The number of carboxylic acids is 1. The monoisotopic (exact) mass is 478 g/mol. The highest BCUT2D eigenvalue weighted by atomic mass is 32.1. The van der Waals surface area contributed by atoms with Crippen molar-refractivity contribution in [2.24, 2.45) is 0 Å². The number of ether oxygens (including phenoxy) is 2. The van der Waals surface area contributed by atoms with Gasteiger partial charge in [-0.3, -0.25) is 0 Å². The molecule has 0 fully saturated rings. The maximum Gasteiger partial charge on any atom is 0.335 e. The summed E-state index contributed by atoms with van der Waals surface area (Å²) < 4.78 is 10.8. The molecule has 0 aliphatic rings.